The van der Waals surface area contributed by atoms with Crippen molar-refractivity contribution >= 4 is 23.0 Å². The molecule has 1 aliphatic rings. The smallest absolute Gasteiger partial charge is 0.243 e. The SMILES string of the molecule is CNC(=O)/C=C/c1cncc(-c2nc3ccccc3n2[C@@H]2CCCN(C)C2)c1. The minimum absolute atomic E-state index is 0.136. The lowest BCUT2D eigenvalue weighted by Gasteiger charge is -2.32. The van der Waals surface area contributed by atoms with Gasteiger partial charge >= 0.3 is 0 Å². The van der Waals surface area contributed by atoms with Crippen molar-refractivity contribution in [2.75, 3.05) is 27.2 Å². The summed E-state index contributed by atoms with van der Waals surface area (Å²) in [7, 11) is 3.79. The minimum atomic E-state index is -0.136. The summed E-state index contributed by atoms with van der Waals surface area (Å²) in [5.41, 5.74) is 3.99. The first-order chi connectivity index (χ1) is 13.7. The van der Waals surface area contributed by atoms with Gasteiger partial charge in [-0.25, -0.2) is 4.98 Å². The van der Waals surface area contributed by atoms with Crippen LogP contribution in [0.2, 0.25) is 0 Å². The number of fused-ring (bicyclic) bond motifs is 1. The maximum Gasteiger partial charge on any atom is 0.243 e. The van der Waals surface area contributed by atoms with E-state index in [0.29, 0.717) is 6.04 Å². The third-order valence-corrected chi connectivity index (χ3v) is 5.25. The van der Waals surface area contributed by atoms with Crippen LogP contribution in [-0.4, -0.2) is 52.5 Å². The maximum atomic E-state index is 11.5. The minimum Gasteiger partial charge on any atom is -0.356 e. The van der Waals surface area contributed by atoms with Gasteiger partial charge in [-0.05, 0) is 56.3 Å². The Morgan fingerprint density at radius 3 is 2.96 bits per heavy atom. The van der Waals surface area contributed by atoms with Gasteiger partial charge < -0.3 is 14.8 Å². The van der Waals surface area contributed by atoms with Crippen LogP contribution in [0, 0.1) is 0 Å². The number of benzene rings is 1. The highest BCUT2D eigenvalue weighted by molar-refractivity contribution is 5.91. The van der Waals surface area contributed by atoms with E-state index >= 15 is 0 Å². The molecule has 1 aliphatic heterocycles. The third-order valence-electron chi connectivity index (χ3n) is 5.25. The van der Waals surface area contributed by atoms with Gasteiger partial charge in [-0.3, -0.25) is 9.78 Å². The number of hydrogen-bond donors (Lipinski definition) is 1. The summed E-state index contributed by atoms with van der Waals surface area (Å²) in [5, 5.41) is 2.59. The molecule has 1 atom stereocenters. The van der Waals surface area contributed by atoms with E-state index in [1.54, 1.807) is 19.3 Å². The summed E-state index contributed by atoms with van der Waals surface area (Å²) in [5.74, 6) is 0.798. The van der Waals surface area contributed by atoms with Crippen LogP contribution < -0.4 is 5.32 Å². The second-order valence-corrected chi connectivity index (χ2v) is 7.31. The lowest BCUT2D eigenvalue weighted by atomic mass is 10.0. The Morgan fingerprint density at radius 2 is 2.14 bits per heavy atom. The molecule has 6 nitrogen and oxygen atoms in total. The normalized spacial score (nSPS) is 18.0. The number of piperidine rings is 1. The monoisotopic (exact) mass is 375 g/mol. The van der Waals surface area contributed by atoms with Crippen molar-refractivity contribution in [1.82, 2.24) is 24.8 Å². The van der Waals surface area contributed by atoms with Crippen LogP contribution in [0.4, 0.5) is 0 Å². The number of nitrogens with zero attached hydrogens (tertiary/aromatic N) is 4. The molecule has 0 radical (unpaired) electrons. The zero-order chi connectivity index (χ0) is 19.5. The molecule has 28 heavy (non-hydrogen) atoms. The van der Waals surface area contributed by atoms with Gasteiger partial charge in [0.05, 0.1) is 11.0 Å². The van der Waals surface area contributed by atoms with E-state index in [0.717, 1.165) is 47.5 Å². The molecule has 2 aromatic heterocycles. The average Bonchev–Trinajstić information content (AvgIpc) is 3.12. The average molecular weight is 375 g/mol. The van der Waals surface area contributed by atoms with E-state index in [-0.39, 0.29) is 5.91 Å². The number of amides is 1. The van der Waals surface area contributed by atoms with Gasteiger partial charge in [0, 0.05) is 43.7 Å². The number of para-hydroxylation sites is 2. The van der Waals surface area contributed by atoms with Crippen molar-refractivity contribution in [2.24, 2.45) is 0 Å². The molecule has 3 heterocycles. The standard InChI is InChI=1S/C22H25N5O/c1-23-21(28)10-9-16-12-17(14-24-13-16)22-25-19-7-3-4-8-20(19)27(22)18-6-5-11-26(2)15-18/h3-4,7-10,12-14,18H,5-6,11,15H2,1-2H3,(H,23,28)/b10-9+/t18-/m1/s1. The number of aromatic nitrogens is 3. The first kappa shape index (κ1) is 18.4. The second kappa shape index (κ2) is 7.94. The quantitative estimate of drug-likeness (QED) is 0.712. The molecule has 0 spiro atoms. The lowest BCUT2D eigenvalue weighted by molar-refractivity contribution is -0.115. The zero-order valence-electron chi connectivity index (χ0n) is 16.3. The summed E-state index contributed by atoms with van der Waals surface area (Å²) in [6.07, 6.45) is 9.21. The van der Waals surface area contributed by atoms with Crippen LogP contribution in [0.5, 0.6) is 0 Å². The van der Waals surface area contributed by atoms with Crippen molar-refractivity contribution in [3.63, 3.8) is 0 Å². The van der Waals surface area contributed by atoms with E-state index < -0.39 is 0 Å². The molecule has 3 aromatic rings. The number of likely N-dealkylation sites (N-methyl/N-ethyl adjacent to an activating group) is 2. The largest absolute Gasteiger partial charge is 0.356 e. The van der Waals surface area contributed by atoms with Crippen molar-refractivity contribution in [1.29, 1.82) is 0 Å². The number of likely N-dealkylation sites (tertiary alicyclic amines) is 1. The Morgan fingerprint density at radius 1 is 1.29 bits per heavy atom. The van der Waals surface area contributed by atoms with Crippen molar-refractivity contribution in [2.45, 2.75) is 18.9 Å². The zero-order valence-corrected chi connectivity index (χ0v) is 16.3. The third kappa shape index (κ3) is 3.68. The number of rotatable bonds is 4. The summed E-state index contributed by atoms with van der Waals surface area (Å²) < 4.78 is 2.37. The van der Waals surface area contributed by atoms with Gasteiger partial charge in [0.1, 0.15) is 5.82 Å². The van der Waals surface area contributed by atoms with Gasteiger partial charge in [0.25, 0.3) is 0 Å². The first-order valence-corrected chi connectivity index (χ1v) is 9.66. The molecule has 144 valence electrons. The molecule has 0 saturated carbocycles. The van der Waals surface area contributed by atoms with E-state index in [2.05, 4.69) is 45.0 Å². The number of carbonyl (C=O) groups is 1. The number of imidazole rings is 1. The van der Waals surface area contributed by atoms with Crippen molar-refractivity contribution in [3.8, 4) is 11.4 Å². The molecule has 1 N–H and O–H groups in total. The fourth-order valence-electron chi connectivity index (χ4n) is 3.89. The Balaban J connectivity index is 1.79. The Hall–Kier alpha value is -2.99. The van der Waals surface area contributed by atoms with E-state index in [4.69, 9.17) is 4.98 Å². The fourth-order valence-corrected chi connectivity index (χ4v) is 3.89. The highest BCUT2D eigenvalue weighted by Crippen LogP contribution is 2.32. The molecule has 1 amide bonds. The van der Waals surface area contributed by atoms with Crippen LogP contribution in [0.3, 0.4) is 0 Å². The lowest BCUT2D eigenvalue weighted by Crippen LogP contribution is -2.33. The molecule has 0 unspecified atom stereocenters. The number of hydrogen-bond acceptors (Lipinski definition) is 4. The molecule has 4 rings (SSSR count). The van der Waals surface area contributed by atoms with Crippen molar-refractivity contribution in [3.05, 3.63) is 54.4 Å². The van der Waals surface area contributed by atoms with Crippen molar-refractivity contribution < 1.29 is 4.79 Å². The Labute approximate surface area is 164 Å². The van der Waals surface area contributed by atoms with Crippen LogP contribution in [0.15, 0.2) is 48.8 Å². The molecule has 1 fully saturated rings. The van der Waals surface area contributed by atoms with Crippen LogP contribution >= 0.6 is 0 Å². The second-order valence-electron chi connectivity index (χ2n) is 7.31. The van der Waals surface area contributed by atoms with E-state index in [1.807, 2.05) is 18.3 Å². The maximum absolute atomic E-state index is 11.5. The number of carbonyl (C=O) groups excluding carboxylic acids is 1. The van der Waals surface area contributed by atoms with E-state index in [1.165, 1.54) is 12.5 Å². The van der Waals surface area contributed by atoms with Gasteiger partial charge in [-0.2, -0.15) is 0 Å². The molecule has 0 aliphatic carbocycles. The predicted octanol–water partition coefficient (Wildman–Crippen LogP) is 3.12. The topological polar surface area (TPSA) is 63.1 Å². The van der Waals surface area contributed by atoms with Gasteiger partial charge in [0.15, 0.2) is 0 Å². The molecule has 1 aromatic carbocycles. The van der Waals surface area contributed by atoms with E-state index in [9.17, 15) is 4.79 Å². The summed E-state index contributed by atoms with van der Waals surface area (Å²) in [4.78, 5) is 23.2. The molecule has 0 bridgehead atoms. The number of nitrogens with one attached hydrogen (secondary N) is 1. The molecular weight excluding hydrogens is 350 g/mol. The number of pyridine rings is 1. The molecule has 1 saturated heterocycles. The van der Waals surface area contributed by atoms with Crippen LogP contribution in [-0.2, 0) is 4.79 Å². The summed E-state index contributed by atoms with van der Waals surface area (Å²) in [6, 6.07) is 10.7. The summed E-state index contributed by atoms with van der Waals surface area (Å²) in [6.45, 7) is 2.15. The van der Waals surface area contributed by atoms with Gasteiger partial charge in [-0.1, -0.05) is 12.1 Å². The Kier molecular flexibility index (Phi) is 5.21. The van der Waals surface area contributed by atoms with Crippen LogP contribution in [0.1, 0.15) is 24.4 Å². The highest BCUT2D eigenvalue weighted by Gasteiger charge is 2.24. The first-order valence-electron chi connectivity index (χ1n) is 9.66. The van der Waals surface area contributed by atoms with Crippen LogP contribution in [0.25, 0.3) is 28.5 Å². The molecule has 6 heteroatoms. The van der Waals surface area contributed by atoms with Gasteiger partial charge in [-0.15, -0.1) is 0 Å². The summed E-state index contributed by atoms with van der Waals surface area (Å²) >= 11 is 0. The Bertz CT molecular complexity index is 1020. The molecular formula is C22H25N5O. The van der Waals surface area contributed by atoms with Gasteiger partial charge in [0.2, 0.25) is 5.91 Å². The predicted molar refractivity (Wildman–Crippen MR) is 112 cm³/mol. The highest BCUT2D eigenvalue weighted by atomic mass is 16.1. The fraction of sp³-hybridized carbons (Fsp3) is 0.318.